The lowest BCUT2D eigenvalue weighted by atomic mass is 10.1. The van der Waals surface area contributed by atoms with E-state index in [0.717, 1.165) is 5.56 Å². The highest BCUT2D eigenvalue weighted by Gasteiger charge is 2.24. The number of likely N-dealkylation sites (N-methyl/N-ethyl adjacent to an activating group) is 1. The van der Waals surface area contributed by atoms with Crippen LogP contribution in [-0.4, -0.2) is 74.9 Å². The van der Waals surface area contributed by atoms with Gasteiger partial charge in [-0.2, -0.15) is 5.10 Å². The number of fused-ring (bicyclic) bond motifs is 1. The Morgan fingerprint density at radius 1 is 1.20 bits per heavy atom. The van der Waals surface area contributed by atoms with E-state index in [4.69, 9.17) is 9.47 Å². The number of nitrogens with zero attached hydrogens (tertiary/aromatic N) is 6. The Balaban J connectivity index is 1.56. The smallest absolute Gasteiger partial charge is 0.257 e. The minimum Gasteiger partial charge on any atom is -0.463 e. The van der Waals surface area contributed by atoms with Gasteiger partial charge in [0.2, 0.25) is 12.6 Å². The van der Waals surface area contributed by atoms with Gasteiger partial charge in [-0.05, 0) is 18.2 Å². The fourth-order valence-electron chi connectivity index (χ4n) is 3.66. The molecular weight excluding hydrogens is 455 g/mol. The first-order valence-corrected chi connectivity index (χ1v) is 10.8. The van der Waals surface area contributed by atoms with Gasteiger partial charge in [-0.25, -0.2) is 14.4 Å². The van der Waals surface area contributed by atoms with Crippen LogP contribution in [0.2, 0.25) is 0 Å². The molecule has 1 amide bonds. The molecule has 0 aliphatic heterocycles. The summed E-state index contributed by atoms with van der Waals surface area (Å²) in [5.41, 5.74) is 2.32. The highest BCUT2D eigenvalue weighted by atomic mass is 19.1. The molecular formula is C24H25FN6O4. The molecule has 0 atom stereocenters. The molecule has 3 aromatic heterocycles. The van der Waals surface area contributed by atoms with Crippen LogP contribution >= 0.6 is 0 Å². The number of carbonyl (C=O) groups is 2. The molecule has 4 rings (SSSR count). The Kier molecular flexibility index (Phi) is 7.16. The van der Waals surface area contributed by atoms with Gasteiger partial charge in [0.1, 0.15) is 11.4 Å². The van der Waals surface area contributed by atoms with Gasteiger partial charge < -0.3 is 14.4 Å². The maximum Gasteiger partial charge on any atom is 0.257 e. The van der Waals surface area contributed by atoms with Crippen LogP contribution in [0.4, 0.5) is 4.39 Å². The van der Waals surface area contributed by atoms with Gasteiger partial charge in [-0.1, -0.05) is 12.1 Å². The molecule has 0 radical (unpaired) electrons. The Morgan fingerprint density at radius 3 is 2.80 bits per heavy atom. The maximum atomic E-state index is 13.2. The van der Waals surface area contributed by atoms with Crippen molar-refractivity contribution in [3.05, 3.63) is 65.9 Å². The topological polar surface area (TPSA) is 104 Å². The first-order valence-electron chi connectivity index (χ1n) is 10.8. The van der Waals surface area contributed by atoms with Crippen molar-refractivity contribution in [2.75, 3.05) is 34.2 Å². The molecule has 0 saturated heterocycles. The summed E-state index contributed by atoms with van der Waals surface area (Å²) < 4.78 is 25.6. The summed E-state index contributed by atoms with van der Waals surface area (Å²) in [5, 5.41) is 4.12. The van der Waals surface area contributed by atoms with Crippen molar-refractivity contribution >= 4 is 17.5 Å². The van der Waals surface area contributed by atoms with Crippen LogP contribution in [0.3, 0.4) is 0 Å². The highest BCUT2D eigenvalue weighted by molar-refractivity contribution is 6.07. The third-order valence-corrected chi connectivity index (χ3v) is 5.49. The Morgan fingerprint density at radius 2 is 2.03 bits per heavy atom. The number of Topliss-reactive ketones (excluding diaryl/α,β-unsaturated/α-hetero) is 1. The summed E-state index contributed by atoms with van der Waals surface area (Å²) in [7, 11) is 4.83. The number of rotatable bonds is 10. The van der Waals surface area contributed by atoms with E-state index in [-0.39, 0.29) is 29.4 Å². The predicted octanol–water partition coefficient (Wildman–Crippen LogP) is 2.58. The number of ether oxygens (including phenoxy) is 2. The molecule has 0 fully saturated rings. The average Bonchev–Trinajstić information content (AvgIpc) is 3.45. The van der Waals surface area contributed by atoms with Crippen LogP contribution in [0, 0.1) is 0 Å². The molecule has 0 aliphatic rings. The zero-order valence-corrected chi connectivity index (χ0v) is 19.6. The van der Waals surface area contributed by atoms with E-state index in [1.165, 1.54) is 15.8 Å². The van der Waals surface area contributed by atoms with Crippen LogP contribution in [0.1, 0.15) is 26.5 Å². The third kappa shape index (κ3) is 5.19. The van der Waals surface area contributed by atoms with Crippen molar-refractivity contribution in [1.82, 2.24) is 29.0 Å². The molecule has 4 aromatic rings. The Bertz CT molecular complexity index is 1370. The number of ketones is 1. The zero-order chi connectivity index (χ0) is 24.9. The van der Waals surface area contributed by atoms with Crippen LogP contribution in [0.15, 0.2) is 48.9 Å². The summed E-state index contributed by atoms with van der Waals surface area (Å²) in [6, 6.07) is 8.66. The molecule has 0 aliphatic carbocycles. The highest BCUT2D eigenvalue weighted by Crippen LogP contribution is 2.23. The van der Waals surface area contributed by atoms with Gasteiger partial charge in [0.25, 0.3) is 5.91 Å². The molecule has 182 valence electrons. The first-order chi connectivity index (χ1) is 16.9. The van der Waals surface area contributed by atoms with Gasteiger partial charge >= 0.3 is 0 Å². The van der Waals surface area contributed by atoms with E-state index in [9.17, 15) is 14.0 Å². The van der Waals surface area contributed by atoms with Crippen molar-refractivity contribution in [2.24, 2.45) is 7.05 Å². The van der Waals surface area contributed by atoms with E-state index in [2.05, 4.69) is 15.1 Å². The minimum atomic E-state index is -0.916. The second-order valence-corrected chi connectivity index (χ2v) is 7.88. The molecule has 0 spiro atoms. The minimum absolute atomic E-state index is 0.0277. The molecule has 0 unspecified atom stereocenters. The Labute approximate surface area is 200 Å². The van der Waals surface area contributed by atoms with Gasteiger partial charge in [0.15, 0.2) is 5.78 Å². The van der Waals surface area contributed by atoms with Crippen molar-refractivity contribution in [3.63, 3.8) is 0 Å². The SMILES string of the molecule is COCCN(C)C(=O)c1cnn(C)c1C(=O)Cc1ccn2cc(-c3cccc(OCF)c3)nc2n1. The summed E-state index contributed by atoms with van der Waals surface area (Å²) in [6.07, 6.45) is 4.92. The monoisotopic (exact) mass is 480 g/mol. The number of benzene rings is 1. The van der Waals surface area contributed by atoms with E-state index in [0.29, 0.717) is 36.1 Å². The number of halogens is 1. The van der Waals surface area contributed by atoms with E-state index < -0.39 is 6.86 Å². The fourth-order valence-corrected chi connectivity index (χ4v) is 3.66. The second-order valence-electron chi connectivity index (χ2n) is 7.88. The lowest BCUT2D eigenvalue weighted by Crippen LogP contribution is -2.31. The standard InChI is InChI=1S/C24H25FN6O4/c1-29(9-10-34-3)23(33)19-13-26-30(2)22(19)21(32)12-17-7-8-31-14-20(28-24(31)27-17)16-5-4-6-18(11-16)35-15-25/h4-8,11,13-14H,9-10,12,15H2,1-3H3. The molecule has 10 nitrogen and oxygen atoms in total. The fraction of sp³-hybridized carbons (Fsp3) is 0.292. The lowest BCUT2D eigenvalue weighted by molar-refractivity contribution is 0.0739. The number of imidazole rings is 1. The largest absolute Gasteiger partial charge is 0.463 e. The van der Waals surface area contributed by atoms with Gasteiger partial charge in [0, 0.05) is 45.7 Å². The van der Waals surface area contributed by atoms with E-state index in [1.54, 1.807) is 62.3 Å². The number of alkyl halides is 1. The molecule has 3 heterocycles. The number of carbonyl (C=O) groups excluding carboxylic acids is 2. The quantitative estimate of drug-likeness (QED) is 0.321. The van der Waals surface area contributed by atoms with Gasteiger partial charge in [-0.3, -0.25) is 18.7 Å². The Hall–Kier alpha value is -4.12. The number of hydrogen-bond donors (Lipinski definition) is 0. The first kappa shape index (κ1) is 24.0. The normalized spacial score (nSPS) is 11.1. The average molecular weight is 481 g/mol. The number of hydrogen-bond acceptors (Lipinski definition) is 7. The third-order valence-electron chi connectivity index (χ3n) is 5.49. The van der Waals surface area contributed by atoms with Crippen molar-refractivity contribution in [1.29, 1.82) is 0 Å². The van der Waals surface area contributed by atoms with Crippen LogP contribution in [-0.2, 0) is 18.2 Å². The second kappa shape index (κ2) is 10.4. The summed E-state index contributed by atoms with van der Waals surface area (Å²) >= 11 is 0. The van der Waals surface area contributed by atoms with Crippen LogP contribution in [0.5, 0.6) is 5.75 Å². The number of aromatic nitrogens is 5. The summed E-state index contributed by atoms with van der Waals surface area (Å²) in [6.45, 7) is -0.142. The summed E-state index contributed by atoms with van der Waals surface area (Å²) in [4.78, 5) is 36.5. The molecule has 1 aromatic carbocycles. The van der Waals surface area contributed by atoms with Gasteiger partial charge in [0.05, 0.1) is 36.2 Å². The van der Waals surface area contributed by atoms with Gasteiger partial charge in [-0.15, -0.1) is 0 Å². The van der Waals surface area contributed by atoms with Crippen molar-refractivity contribution in [2.45, 2.75) is 6.42 Å². The molecule has 0 bridgehead atoms. The number of aryl methyl sites for hydroxylation is 1. The molecule has 11 heteroatoms. The van der Waals surface area contributed by atoms with E-state index >= 15 is 0 Å². The van der Waals surface area contributed by atoms with Crippen LogP contribution < -0.4 is 4.74 Å². The van der Waals surface area contributed by atoms with E-state index in [1.807, 2.05) is 6.07 Å². The van der Waals surface area contributed by atoms with Crippen LogP contribution in [0.25, 0.3) is 17.0 Å². The van der Waals surface area contributed by atoms with Crippen molar-refractivity contribution < 1.29 is 23.5 Å². The summed E-state index contributed by atoms with van der Waals surface area (Å²) in [5.74, 6) is 0.213. The lowest BCUT2D eigenvalue weighted by Gasteiger charge is -2.16. The van der Waals surface area contributed by atoms with Crippen molar-refractivity contribution in [3.8, 4) is 17.0 Å². The maximum absolute atomic E-state index is 13.2. The zero-order valence-electron chi connectivity index (χ0n) is 19.6. The molecule has 0 N–H and O–H groups in total. The number of amides is 1. The molecule has 0 saturated carbocycles. The molecule has 35 heavy (non-hydrogen) atoms. The predicted molar refractivity (Wildman–Crippen MR) is 125 cm³/mol. The number of methoxy groups -OCH3 is 1.